The summed E-state index contributed by atoms with van der Waals surface area (Å²) in [6, 6.07) is 9.60. The first-order chi connectivity index (χ1) is 8.66. The van der Waals surface area contributed by atoms with Crippen LogP contribution in [0.5, 0.6) is 0 Å². The Morgan fingerprint density at radius 3 is 2.83 bits per heavy atom. The third kappa shape index (κ3) is 3.40. The van der Waals surface area contributed by atoms with E-state index >= 15 is 0 Å². The molecule has 0 spiro atoms. The van der Waals surface area contributed by atoms with Crippen molar-refractivity contribution in [2.45, 2.75) is 26.3 Å². The zero-order chi connectivity index (χ0) is 13.0. The number of hydrogen-bond acceptors (Lipinski definition) is 2. The van der Waals surface area contributed by atoms with Crippen LogP contribution >= 0.6 is 11.3 Å². The second-order valence-electron chi connectivity index (χ2n) is 4.51. The van der Waals surface area contributed by atoms with Crippen LogP contribution in [0.15, 0.2) is 35.7 Å². The molecule has 1 nitrogen and oxygen atoms in total. The summed E-state index contributed by atoms with van der Waals surface area (Å²) in [5, 5.41) is 5.59. The Morgan fingerprint density at radius 2 is 2.17 bits per heavy atom. The Balaban J connectivity index is 1.85. The molecule has 18 heavy (non-hydrogen) atoms. The van der Waals surface area contributed by atoms with E-state index in [1.807, 2.05) is 13.0 Å². The first-order valence-electron chi connectivity index (χ1n) is 6.18. The quantitative estimate of drug-likeness (QED) is 0.856. The highest BCUT2D eigenvalue weighted by molar-refractivity contribution is 7.10. The maximum atomic E-state index is 13.0. The van der Waals surface area contributed by atoms with E-state index < -0.39 is 0 Å². The van der Waals surface area contributed by atoms with E-state index in [9.17, 15) is 4.39 Å². The van der Waals surface area contributed by atoms with Crippen molar-refractivity contribution >= 4 is 11.3 Å². The van der Waals surface area contributed by atoms with Gasteiger partial charge < -0.3 is 5.32 Å². The van der Waals surface area contributed by atoms with E-state index in [0.29, 0.717) is 6.04 Å². The van der Waals surface area contributed by atoms with Gasteiger partial charge in [0.25, 0.3) is 0 Å². The Bertz CT molecular complexity index is 493. The Morgan fingerprint density at radius 1 is 1.33 bits per heavy atom. The molecule has 0 amide bonds. The number of benzene rings is 1. The molecule has 0 aliphatic heterocycles. The van der Waals surface area contributed by atoms with Crippen LogP contribution < -0.4 is 5.32 Å². The van der Waals surface area contributed by atoms with Crippen molar-refractivity contribution < 1.29 is 4.39 Å². The van der Waals surface area contributed by atoms with Crippen molar-refractivity contribution in [1.82, 2.24) is 5.32 Å². The van der Waals surface area contributed by atoms with Gasteiger partial charge in [-0.2, -0.15) is 0 Å². The summed E-state index contributed by atoms with van der Waals surface area (Å²) in [7, 11) is 0. The molecule has 1 unspecified atom stereocenters. The highest BCUT2D eigenvalue weighted by Gasteiger charge is 2.05. The van der Waals surface area contributed by atoms with E-state index in [1.165, 1.54) is 16.5 Å². The molecule has 0 aliphatic carbocycles. The Hall–Kier alpha value is -1.19. The van der Waals surface area contributed by atoms with Gasteiger partial charge in [0.05, 0.1) is 0 Å². The van der Waals surface area contributed by atoms with Gasteiger partial charge in [-0.15, -0.1) is 11.3 Å². The molecule has 1 aromatic carbocycles. The summed E-state index contributed by atoms with van der Waals surface area (Å²) in [6.45, 7) is 5.04. The first-order valence-corrected chi connectivity index (χ1v) is 7.06. The normalized spacial score (nSPS) is 12.6. The topological polar surface area (TPSA) is 12.0 Å². The highest BCUT2D eigenvalue weighted by Crippen LogP contribution is 2.18. The number of rotatable bonds is 5. The highest BCUT2D eigenvalue weighted by atomic mass is 32.1. The van der Waals surface area contributed by atoms with Crippen LogP contribution in [0.3, 0.4) is 0 Å². The van der Waals surface area contributed by atoms with E-state index in [2.05, 4.69) is 29.8 Å². The number of aryl methyl sites for hydroxylation is 1. The van der Waals surface area contributed by atoms with Crippen LogP contribution in [-0.2, 0) is 6.42 Å². The second kappa shape index (κ2) is 6.12. The lowest BCUT2D eigenvalue weighted by Gasteiger charge is -2.12. The van der Waals surface area contributed by atoms with Crippen molar-refractivity contribution in [2.24, 2.45) is 0 Å². The van der Waals surface area contributed by atoms with Crippen LogP contribution in [0.25, 0.3) is 0 Å². The van der Waals surface area contributed by atoms with Gasteiger partial charge in [0.15, 0.2) is 0 Å². The SMILES string of the molecule is Cc1cc(F)ccc1CCNC(C)c1cccs1. The molecule has 2 aromatic rings. The average Bonchev–Trinajstić information content (AvgIpc) is 2.85. The minimum absolute atomic E-state index is 0.156. The first kappa shape index (κ1) is 13.2. The number of thiophene rings is 1. The minimum Gasteiger partial charge on any atom is -0.309 e. The van der Waals surface area contributed by atoms with Crippen molar-refractivity contribution in [3.8, 4) is 0 Å². The third-order valence-electron chi connectivity index (χ3n) is 3.12. The molecule has 1 heterocycles. The predicted molar refractivity (Wildman–Crippen MR) is 75.6 cm³/mol. The van der Waals surface area contributed by atoms with E-state index in [-0.39, 0.29) is 5.82 Å². The summed E-state index contributed by atoms with van der Waals surface area (Å²) >= 11 is 1.77. The van der Waals surface area contributed by atoms with Crippen molar-refractivity contribution in [2.75, 3.05) is 6.54 Å². The van der Waals surface area contributed by atoms with Gasteiger partial charge in [-0.3, -0.25) is 0 Å². The third-order valence-corrected chi connectivity index (χ3v) is 4.17. The van der Waals surface area contributed by atoms with Gasteiger partial charge in [-0.05, 0) is 61.5 Å². The molecule has 0 aliphatic rings. The molecule has 1 atom stereocenters. The maximum Gasteiger partial charge on any atom is 0.123 e. The lowest BCUT2D eigenvalue weighted by atomic mass is 10.1. The number of nitrogens with one attached hydrogen (secondary N) is 1. The van der Waals surface area contributed by atoms with Gasteiger partial charge >= 0.3 is 0 Å². The summed E-state index contributed by atoms with van der Waals surface area (Å²) in [6.07, 6.45) is 0.932. The predicted octanol–water partition coefficient (Wildman–Crippen LogP) is 4.09. The average molecular weight is 263 g/mol. The molecule has 1 aromatic heterocycles. The van der Waals surface area contributed by atoms with Crippen LogP contribution in [0.4, 0.5) is 4.39 Å². The van der Waals surface area contributed by atoms with Crippen LogP contribution in [0.2, 0.25) is 0 Å². The standard InChI is InChI=1S/C15H18FNS/c1-11-10-14(16)6-5-13(11)7-8-17-12(2)15-4-3-9-18-15/h3-6,9-10,12,17H,7-8H2,1-2H3. The summed E-state index contributed by atoms with van der Waals surface area (Å²) in [5.74, 6) is -0.156. The molecule has 1 N–H and O–H groups in total. The molecular formula is C15H18FNS. The number of hydrogen-bond donors (Lipinski definition) is 1. The van der Waals surface area contributed by atoms with E-state index in [4.69, 9.17) is 0 Å². The Labute approximate surface area is 112 Å². The summed E-state index contributed by atoms with van der Waals surface area (Å²) < 4.78 is 13.0. The lowest BCUT2D eigenvalue weighted by Crippen LogP contribution is -2.20. The molecule has 96 valence electrons. The van der Waals surface area contributed by atoms with E-state index in [0.717, 1.165) is 18.5 Å². The van der Waals surface area contributed by atoms with Gasteiger partial charge in [0.1, 0.15) is 5.82 Å². The van der Waals surface area contributed by atoms with Gasteiger partial charge in [-0.25, -0.2) is 4.39 Å². The minimum atomic E-state index is -0.156. The molecule has 3 heteroatoms. The smallest absolute Gasteiger partial charge is 0.123 e. The number of halogens is 1. The van der Waals surface area contributed by atoms with Gasteiger partial charge in [0.2, 0.25) is 0 Å². The molecule has 0 fully saturated rings. The van der Waals surface area contributed by atoms with Gasteiger partial charge in [0, 0.05) is 10.9 Å². The van der Waals surface area contributed by atoms with Crippen LogP contribution in [-0.4, -0.2) is 6.54 Å². The summed E-state index contributed by atoms with van der Waals surface area (Å²) in [4.78, 5) is 1.35. The largest absolute Gasteiger partial charge is 0.309 e. The van der Waals surface area contributed by atoms with Gasteiger partial charge in [-0.1, -0.05) is 12.1 Å². The fourth-order valence-corrected chi connectivity index (χ4v) is 2.76. The fourth-order valence-electron chi connectivity index (χ4n) is 2.00. The fraction of sp³-hybridized carbons (Fsp3) is 0.333. The Kier molecular flexibility index (Phi) is 4.50. The van der Waals surface area contributed by atoms with Crippen molar-refractivity contribution in [3.05, 3.63) is 57.5 Å². The maximum absolute atomic E-state index is 13.0. The zero-order valence-corrected chi connectivity index (χ0v) is 11.6. The second-order valence-corrected chi connectivity index (χ2v) is 5.49. The summed E-state index contributed by atoms with van der Waals surface area (Å²) in [5.41, 5.74) is 2.24. The molecule has 0 bridgehead atoms. The van der Waals surface area contributed by atoms with Crippen LogP contribution in [0, 0.1) is 12.7 Å². The van der Waals surface area contributed by atoms with Crippen molar-refractivity contribution in [3.63, 3.8) is 0 Å². The molecule has 0 saturated heterocycles. The lowest BCUT2D eigenvalue weighted by molar-refractivity contribution is 0.582. The van der Waals surface area contributed by atoms with Crippen molar-refractivity contribution in [1.29, 1.82) is 0 Å². The van der Waals surface area contributed by atoms with Crippen LogP contribution in [0.1, 0.15) is 29.0 Å². The van der Waals surface area contributed by atoms with E-state index in [1.54, 1.807) is 17.4 Å². The molecular weight excluding hydrogens is 245 g/mol. The zero-order valence-electron chi connectivity index (χ0n) is 10.7. The molecule has 0 saturated carbocycles. The molecule has 2 rings (SSSR count). The molecule has 0 radical (unpaired) electrons. The monoisotopic (exact) mass is 263 g/mol.